The summed E-state index contributed by atoms with van der Waals surface area (Å²) in [6.45, 7) is 5.11. The molecule has 0 atom stereocenters. The number of nitrogens with one attached hydrogen (secondary N) is 1. The van der Waals surface area contributed by atoms with Crippen LogP contribution in [0.2, 0.25) is 0 Å². The van der Waals surface area contributed by atoms with E-state index in [1.807, 2.05) is 6.20 Å². The van der Waals surface area contributed by atoms with Crippen molar-refractivity contribution in [3.05, 3.63) is 47.4 Å². The van der Waals surface area contributed by atoms with Gasteiger partial charge < -0.3 is 19.4 Å². The first-order valence-electron chi connectivity index (χ1n) is 12.4. The van der Waals surface area contributed by atoms with E-state index >= 15 is 0 Å². The van der Waals surface area contributed by atoms with E-state index in [0.29, 0.717) is 23.1 Å². The molecule has 35 heavy (non-hydrogen) atoms. The van der Waals surface area contributed by atoms with Crippen LogP contribution in [-0.4, -0.2) is 52.4 Å². The Bertz CT molecular complexity index is 1430. The molecule has 5 heterocycles. The monoisotopic (exact) mass is 473 g/mol. The summed E-state index contributed by atoms with van der Waals surface area (Å²) < 4.78 is 14.8. The summed E-state index contributed by atoms with van der Waals surface area (Å²) in [5.41, 5.74) is 6.74. The second kappa shape index (κ2) is 8.68. The molecule has 1 saturated heterocycles. The highest BCUT2D eigenvalue weighted by atomic mass is 16.5. The molecule has 1 aliphatic carbocycles. The molecular formula is C27H31N5O3. The predicted octanol–water partition coefficient (Wildman–Crippen LogP) is 4.33. The van der Waals surface area contributed by atoms with Gasteiger partial charge in [-0.3, -0.25) is 4.98 Å². The van der Waals surface area contributed by atoms with Crippen LogP contribution < -0.4 is 10.1 Å². The number of ether oxygens (including phenoxy) is 2. The van der Waals surface area contributed by atoms with Gasteiger partial charge in [-0.15, -0.1) is 0 Å². The summed E-state index contributed by atoms with van der Waals surface area (Å²) >= 11 is 0. The van der Waals surface area contributed by atoms with Gasteiger partial charge in [-0.25, -0.2) is 9.31 Å². The number of hydrogen-bond acceptors (Lipinski definition) is 6. The Morgan fingerprint density at radius 1 is 1.14 bits per heavy atom. The predicted molar refractivity (Wildman–Crippen MR) is 134 cm³/mol. The molecule has 8 heteroatoms. The minimum Gasteiger partial charge on any atom is -0.494 e. The van der Waals surface area contributed by atoms with Gasteiger partial charge in [0.15, 0.2) is 0 Å². The lowest BCUT2D eigenvalue weighted by atomic mass is 9.93. The molecule has 0 radical (unpaired) electrons. The van der Waals surface area contributed by atoms with Crippen molar-refractivity contribution in [2.75, 3.05) is 27.3 Å². The van der Waals surface area contributed by atoms with E-state index in [1.165, 1.54) is 36.5 Å². The summed E-state index contributed by atoms with van der Waals surface area (Å²) in [5, 5.41) is 9.66. The average Bonchev–Trinajstić information content (AvgIpc) is 3.56. The fraction of sp³-hybridized carbons (Fsp3) is 0.444. The minimum absolute atomic E-state index is 0.404. The Hall–Kier alpha value is -3.39. The van der Waals surface area contributed by atoms with Gasteiger partial charge in [-0.05, 0) is 69.8 Å². The number of carbonyl (C=O) groups is 1. The van der Waals surface area contributed by atoms with Crippen molar-refractivity contribution >= 4 is 22.4 Å². The van der Waals surface area contributed by atoms with Crippen LogP contribution in [0.25, 0.3) is 27.8 Å². The zero-order chi connectivity index (χ0) is 24.1. The Morgan fingerprint density at radius 2 is 1.94 bits per heavy atom. The normalized spacial score (nSPS) is 16.8. The van der Waals surface area contributed by atoms with Crippen LogP contribution >= 0.6 is 0 Å². The molecule has 0 unspecified atom stereocenters. The number of rotatable bonds is 6. The summed E-state index contributed by atoms with van der Waals surface area (Å²) in [6.07, 6.45) is 8.42. The van der Waals surface area contributed by atoms with Gasteiger partial charge >= 0.3 is 5.97 Å². The first-order valence-corrected chi connectivity index (χ1v) is 12.4. The molecule has 6 rings (SSSR count). The SMILES string of the molecule is COC(=O)c1cc(OC)c2c(C)c(-c3cc4ccnc(C5CCNCC5)c4n3CC3CC3)nn2c1. The van der Waals surface area contributed by atoms with E-state index in [2.05, 4.69) is 28.9 Å². The molecule has 2 fully saturated rings. The molecule has 182 valence electrons. The maximum Gasteiger partial charge on any atom is 0.339 e. The van der Waals surface area contributed by atoms with Gasteiger partial charge in [0.1, 0.15) is 17.0 Å². The lowest BCUT2D eigenvalue weighted by molar-refractivity contribution is 0.0599. The molecule has 4 aromatic rings. The van der Waals surface area contributed by atoms with Gasteiger partial charge in [-0.2, -0.15) is 5.10 Å². The molecule has 0 aromatic carbocycles. The molecule has 0 spiro atoms. The van der Waals surface area contributed by atoms with Gasteiger partial charge in [0.25, 0.3) is 0 Å². The van der Waals surface area contributed by atoms with E-state index in [9.17, 15) is 4.79 Å². The number of fused-ring (bicyclic) bond motifs is 2. The van der Waals surface area contributed by atoms with E-state index in [1.54, 1.807) is 23.9 Å². The molecule has 4 aromatic heterocycles. The van der Waals surface area contributed by atoms with Crippen molar-refractivity contribution in [2.24, 2.45) is 5.92 Å². The van der Waals surface area contributed by atoms with Gasteiger partial charge in [0.05, 0.1) is 36.7 Å². The Kier molecular flexibility index (Phi) is 5.48. The smallest absolute Gasteiger partial charge is 0.339 e. The highest BCUT2D eigenvalue weighted by Gasteiger charge is 2.29. The van der Waals surface area contributed by atoms with Crippen LogP contribution in [0.15, 0.2) is 30.6 Å². The van der Waals surface area contributed by atoms with Crippen molar-refractivity contribution in [1.82, 2.24) is 24.5 Å². The standard InChI is InChI=1S/C27H31N5O3/c1-16-23(30-32-15-20(27(33)35-3)13-22(34-2)25(16)32)21-12-19-8-11-29-24(18-6-9-28-10-7-18)26(19)31(21)14-17-4-5-17/h8,11-13,15,17-18,28H,4-7,9-10,14H2,1-3H3. The first kappa shape index (κ1) is 22.1. The van der Waals surface area contributed by atoms with Crippen molar-refractivity contribution in [1.29, 1.82) is 0 Å². The average molecular weight is 474 g/mol. The summed E-state index contributed by atoms with van der Waals surface area (Å²) in [5.74, 6) is 1.35. The third-order valence-corrected chi connectivity index (χ3v) is 7.51. The quantitative estimate of drug-likeness (QED) is 0.420. The molecule has 1 N–H and O–H groups in total. The largest absolute Gasteiger partial charge is 0.494 e. The second-order valence-corrected chi connectivity index (χ2v) is 9.80. The Labute approximate surface area is 204 Å². The third kappa shape index (κ3) is 3.76. The number of hydrogen-bond donors (Lipinski definition) is 1. The van der Waals surface area contributed by atoms with E-state index in [-0.39, 0.29) is 0 Å². The summed E-state index contributed by atoms with van der Waals surface area (Å²) in [4.78, 5) is 17.2. The fourth-order valence-corrected chi connectivity index (χ4v) is 5.50. The minimum atomic E-state index is -0.416. The van der Waals surface area contributed by atoms with Crippen LogP contribution in [0.3, 0.4) is 0 Å². The van der Waals surface area contributed by atoms with Crippen LogP contribution in [0.4, 0.5) is 0 Å². The number of methoxy groups -OCH3 is 2. The Balaban J connectivity index is 1.57. The molecule has 1 saturated carbocycles. The van der Waals surface area contributed by atoms with Crippen LogP contribution in [-0.2, 0) is 11.3 Å². The van der Waals surface area contributed by atoms with Crippen LogP contribution in [0.5, 0.6) is 5.75 Å². The summed E-state index contributed by atoms with van der Waals surface area (Å²) in [6, 6.07) is 6.10. The number of nitrogens with zero attached hydrogens (tertiary/aromatic N) is 4. The maximum absolute atomic E-state index is 12.2. The number of pyridine rings is 2. The number of aryl methyl sites for hydroxylation is 1. The van der Waals surface area contributed by atoms with Crippen molar-refractivity contribution in [3.63, 3.8) is 0 Å². The van der Waals surface area contributed by atoms with E-state index < -0.39 is 5.97 Å². The molecule has 0 amide bonds. The highest BCUT2D eigenvalue weighted by molar-refractivity contribution is 5.92. The highest BCUT2D eigenvalue weighted by Crippen LogP contribution is 2.40. The third-order valence-electron chi connectivity index (χ3n) is 7.51. The van der Waals surface area contributed by atoms with Crippen LogP contribution in [0.1, 0.15) is 53.2 Å². The van der Waals surface area contributed by atoms with Gasteiger partial charge in [0, 0.05) is 35.8 Å². The second-order valence-electron chi connectivity index (χ2n) is 9.80. The molecule has 2 aliphatic rings. The lowest BCUT2D eigenvalue weighted by Gasteiger charge is -2.23. The summed E-state index contributed by atoms with van der Waals surface area (Å²) in [7, 11) is 2.99. The molecule has 0 bridgehead atoms. The van der Waals surface area contributed by atoms with Crippen molar-refractivity contribution < 1.29 is 14.3 Å². The Morgan fingerprint density at radius 3 is 2.66 bits per heavy atom. The van der Waals surface area contributed by atoms with E-state index in [0.717, 1.165) is 54.9 Å². The zero-order valence-electron chi connectivity index (χ0n) is 20.5. The number of piperidine rings is 1. The van der Waals surface area contributed by atoms with Gasteiger partial charge in [0.2, 0.25) is 0 Å². The fourth-order valence-electron chi connectivity index (χ4n) is 5.50. The van der Waals surface area contributed by atoms with Crippen molar-refractivity contribution in [2.45, 2.75) is 45.1 Å². The number of carbonyl (C=O) groups excluding carboxylic acids is 1. The number of esters is 1. The lowest BCUT2D eigenvalue weighted by Crippen LogP contribution is -2.27. The zero-order valence-corrected chi connectivity index (χ0v) is 20.5. The molecule has 8 nitrogen and oxygen atoms in total. The topological polar surface area (TPSA) is 82.7 Å². The van der Waals surface area contributed by atoms with Crippen molar-refractivity contribution in [3.8, 4) is 17.1 Å². The number of aromatic nitrogens is 4. The molecular weight excluding hydrogens is 442 g/mol. The van der Waals surface area contributed by atoms with E-state index in [4.69, 9.17) is 19.6 Å². The van der Waals surface area contributed by atoms with Crippen LogP contribution in [0, 0.1) is 12.8 Å². The first-order chi connectivity index (χ1) is 17.1. The van der Waals surface area contributed by atoms with Gasteiger partial charge in [-0.1, -0.05) is 0 Å². The maximum atomic E-state index is 12.2. The molecule has 1 aliphatic heterocycles.